The second kappa shape index (κ2) is 5.08. The first-order chi connectivity index (χ1) is 8.83. The number of piperidine rings is 1. The van der Waals surface area contributed by atoms with Gasteiger partial charge in [0.05, 0.1) is 5.52 Å². The molecule has 1 aromatic heterocycles. The number of rotatable bonds is 2. The van der Waals surface area contributed by atoms with E-state index in [9.17, 15) is 0 Å². The van der Waals surface area contributed by atoms with Crippen molar-refractivity contribution in [1.29, 1.82) is 0 Å². The zero-order valence-corrected chi connectivity index (χ0v) is 10.8. The third kappa shape index (κ3) is 2.40. The Kier molecular flexibility index (Phi) is 3.30. The average molecular weight is 263 g/mol. The first-order valence-electron chi connectivity index (χ1n) is 6.27. The molecule has 1 N–H and O–H groups in total. The number of fused-ring (bicyclic) bond motifs is 1. The normalized spacial score (nSPS) is 16.9. The van der Waals surface area contributed by atoms with Crippen LogP contribution in [0.3, 0.4) is 0 Å². The molecular formula is C13H15ClN4. The predicted octanol–water partition coefficient (Wildman–Crippen LogP) is 3.10. The number of halogens is 1. The molecule has 1 aliphatic rings. The zero-order valence-electron chi connectivity index (χ0n) is 10.1. The van der Waals surface area contributed by atoms with Crippen LogP contribution in [0.5, 0.6) is 0 Å². The molecule has 0 radical (unpaired) electrons. The van der Waals surface area contributed by atoms with Crippen LogP contribution < -0.4 is 5.43 Å². The van der Waals surface area contributed by atoms with E-state index in [2.05, 4.69) is 20.4 Å². The summed E-state index contributed by atoms with van der Waals surface area (Å²) in [5.41, 5.74) is 4.23. The first-order valence-corrected chi connectivity index (χ1v) is 6.64. The summed E-state index contributed by atoms with van der Waals surface area (Å²) in [6.07, 6.45) is 3.76. The van der Waals surface area contributed by atoms with Crippen molar-refractivity contribution in [3.8, 4) is 0 Å². The molecule has 0 amide bonds. The van der Waals surface area contributed by atoms with Crippen molar-refractivity contribution in [1.82, 2.24) is 15.0 Å². The number of nitrogens with one attached hydrogen (secondary N) is 1. The SMILES string of the molecule is Clc1nc(NN2CCCCC2)c2ccccc2n1. The minimum absolute atomic E-state index is 0.285. The summed E-state index contributed by atoms with van der Waals surface area (Å²) in [5, 5.41) is 3.50. The lowest BCUT2D eigenvalue weighted by molar-refractivity contribution is 0.272. The number of aromatic nitrogens is 2. The minimum Gasteiger partial charge on any atom is -0.302 e. The smallest absolute Gasteiger partial charge is 0.224 e. The van der Waals surface area contributed by atoms with Crippen molar-refractivity contribution >= 4 is 28.3 Å². The Morgan fingerprint density at radius 3 is 2.67 bits per heavy atom. The van der Waals surface area contributed by atoms with E-state index in [0.717, 1.165) is 29.8 Å². The Morgan fingerprint density at radius 1 is 1.06 bits per heavy atom. The molecule has 1 aliphatic heterocycles. The molecule has 0 unspecified atom stereocenters. The Bertz CT molecular complexity index is 552. The quantitative estimate of drug-likeness (QED) is 0.845. The van der Waals surface area contributed by atoms with Crippen LogP contribution in [-0.4, -0.2) is 28.1 Å². The highest BCUT2D eigenvalue weighted by Gasteiger charge is 2.13. The highest BCUT2D eigenvalue weighted by Crippen LogP contribution is 2.23. The van der Waals surface area contributed by atoms with Gasteiger partial charge in [-0.1, -0.05) is 18.6 Å². The summed E-state index contributed by atoms with van der Waals surface area (Å²) >= 11 is 5.96. The van der Waals surface area contributed by atoms with Crippen LogP contribution in [0.4, 0.5) is 5.82 Å². The predicted molar refractivity (Wildman–Crippen MR) is 73.6 cm³/mol. The number of para-hydroxylation sites is 1. The van der Waals surface area contributed by atoms with Crippen molar-refractivity contribution in [2.45, 2.75) is 19.3 Å². The van der Waals surface area contributed by atoms with E-state index in [0.29, 0.717) is 0 Å². The highest BCUT2D eigenvalue weighted by atomic mass is 35.5. The number of nitrogens with zero attached hydrogens (tertiary/aromatic N) is 3. The van der Waals surface area contributed by atoms with Gasteiger partial charge < -0.3 is 5.43 Å². The maximum absolute atomic E-state index is 5.96. The molecule has 1 aromatic carbocycles. The highest BCUT2D eigenvalue weighted by molar-refractivity contribution is 6.28. The van der Waals surface area contributed by atoms with Crippen LogP contribution in [0.25, 0.3) is 10.9 Å². The van der Waals surface area contributed by atoms with Gasteiger partial charge in [-0.3, -0.25) is 0 Å². The van der Waals surface area contributed by atoms with Crippen molar-refractivity contribution in [2.24, 2.45) is 0 Å². The fourth-order valence-electron chi connectivity index (χ4n) is 2.29. The third-order valence-electron chi connectivity index (χ3n) is 3.20. The summed E-state index contributed by atoms with van der Waals surface area (Å²) in [6.45, 7) is 2.10. The van der Waals surface area contributed by atoms with E-state index in [-0.39, 0.29) is 5.28 Å². The van der Waals surface area contributed by atoms with Crippen molar-refractivity contribution < 1.29 is 0 Å². The van der Waals surface area contributed by atoms with Crippen LogP contribution in [0.2, 0.25) is 5.28 Å². The number of hydrogen-bond donors (Lipinski definition) is 1. The van der Waals surface area contributed by atoms with Crippen LogP contribution >= 0.6 is 11.6 Å². The van der Waals surface area contributed by atoms with Crippen molar-refractivity contribution in [2.75, 3.05) is 18.5 Å². The molecule has 94 valence electrons. The summed E-state index contributed by atoms with van der Waals surface area (Å²) in [5.74, 6) is 0.799. The lowest BCUT2D eigenvalue weighted by Crippen LogP contribution is -2.35. The molecule has 0 bridgehead atoms. The lowest BCUT2D eigenvalue weighted by Gasteiger charge is -2.27. The number of hydrogen-bond acceptors (Lipinski definition) is 4. The number of hydrazine groups is 1. The number of benzene rings is 1. The van der Waals surface area contributed by atoms with E-state index in [4.69, 9.17) is 11.6 Å². The summed E-state index contributed by atoms with van der Waals surface area (Å²) in [7, 11) is 0. The van der Waals surface area contributed by atoms with E-state index in [1.807, 2.05) is 24.3 Å². The fraction of sp³-hybridized carbons (Fsp3) is 0.385. The monoisotopic (exact) mass is 262 g/mol. The molecular weight excluding hydrogens is 248 g/mol. The van der Waals surface area contributed by atoms with Gasteiger partial charge in [-0.2, -0.15) is 4.98 Å². The fourth-order valence-corrected chi connectivity index (χ4v) is 2.46. The van der Waals surface area contributed by atoms with Crippen LogP contribution in [0.15, 0.2) is 24.3 Å². The Hall–Kier alpha value is -1.39. The molecule has 0 saturated carbocycles. The molecule has 5 heteroatoms. The van der Waals surface area contributed by atoms with Gasteiger partial charge >= 0.3 is 0 Å². The molecule has 18 heavy (non-hydrogen) atoms. The van der Waals surface area contributed by atoms with Crippen molar-refractivity contribution in [3.05, 3.63) is 29.5 Å². The second-order valence-electron chi connectivity index (χ2n) is 4.52. The van der Waals surface area contributed by atoms with Crippen LogP contribution in [-0.2, 0) is 0 Å². The van der Waals surface area contributed by atoms with E-state index in [1.54, 1.807) is 0 Å². The van der Waals surface area contributed by atoms with E-state index < -0.39 is 0 Å². The first kappa shape index (κ1) is 11.7. The molecule has 0 aliphatic carbocycles. The Labute approximate surface area is 111 Å². The largest absolute Gasteiger partial charge is 0.302 e. The maximum Gasteiger partial charge on any atom is 0.224 e. The Morgan fingerprint density at radius 2 is 1.83 bits per heavy atom. The molecule has 2 aromatic rings. The van der Waals surface area contributed by atoms with Crippen molar-refractivity contribution in [3.63, 3.8) is 0 Å². The van der Waals surface area contributed by atoms with Crippen LogP contribution in [0, 0.1) is 0 Å². The lowest BCUT2D eigenvalue weighted by atomic mass is 10.2. The molecule has 3 rings (SSSR count). The molecule has 1 fully saturated rings. The van der Waals surface area contributed by atoms with Gasteiger partial charge in [-0.15, -0.1) is 0 Å². The molecule has 1 saturated heterocycles. The van der Waals surface area contributed by atoms with Gasteiger partial charge in [0.25, 0.3) is 0 Å². The number of anilines is 1. The second-order valence-corrected chi connectivity index (χ2v) is 4.86. The minimum atomic E-state index is 0.285. The molecule has 0 spiro atoms. The topological polar surface area (TPSA) is 41.1 Å². The molecule has 0 atom stereocenters. The van der Waals surface area contributed by atoms with Gasteiger partial charge in [0.15, 0.2) is 5.82 Å². The zero-order chi connectivity index (χ0) is 12.4. The van der Waals surface area contributed by atoms with Gasteiger partial charge in [-0.25, -0.2) is 9.99 Å². The third-order valence-corrected chi connectivity index (χ3v) is 3.37. The summed E-state index contributed by atoms with van der Waals surface area (Å²) < 4.78 is 0. The Balaban J connectivity index is 1.94. The average Bonchev–Trinajstić information content (AvgIpc) is 2.40. The maximum atomic E-state index is 5.96. The van der Waals surface area contributed by atoms with E-state index in [1.165, 1.54) is 19.3 Å². The van der Waals surface area contributed by atoms with E-state index >= 15 is 0 Å². The van der Waals surface area contributed by atoms with Gasteiger partial charge in [0.2, 0.25) is 5.28 Å². The molecule has 2 heterocycles. The summed E-state index contributed by atoms with van der Waals surface area (Å²) in [6, 6.07) is 7.90. The van der Waals surface area contributed by atoms with Gasteiger partial charge in [0, 0.05) is 18.5 Å². The standard InChI is InChI=1S/C13H15ClN4/c14-13-15-11-7-3-2-6-10(11)12(16-13)17-18-8-4-1-5-9-18/h2-3,6-7H,1,4-5,8-9H2,(H,15,16,17). The van der Waals surface area contributed by atoms with Gasteiger partial charge in [0.1, 0.15) is 0 Å². The van der Waals surface area contributed by atoms with Gasteiger partial charge in [-0.05, 0) is 36.6 Å². The molecule has 4 nitrogen and oxygen atoms in total. The summed E-state index contributed by atoms with van der Waals surface area (Å²) in [4.78, 5) is 8.52. The van der Waals surface area contributed by atoms with Crippen LogP contribution in [0.1, 0.15) is 19.3 Å².